The molecule has 0 aliphatic rings. The fourth-order valence-electron chi connectivity index (χ4n) is 0.736. The lowest BCUT2D eigenvalue weighted by molar-refractivity contribution is -0.268. The van der Waals surface area contributed by atoms with Crippen LogP contribution in [0.15, 0.2) is 0 Å². The van der Waals surface area contributed by atoms with Gasteiger partial charge in [0.15, 0.2) is 0 Å². The Balaban J connectivity index is 4.41. The van der Waals surface area contributed by atoms with Crippen molar-refractivity contribution >= 4 is 11.9 Å². The van der Waals surface area contributed by atoms with Gasteiger partial charge in [0, 0.05) is 0 Å². The van der Waals surface area contributed by atoms with Crippen molar-refractivity contribution in [2.24, 2.45) is 0 Å². The molecule has 0 aliphatic heterocycles. The van der Waals surface area contributed by atoms with E-state index in [4.69, 9.17) is 0 Å². The number of nitrogens with one attached hydrogen (secondary N) is 1. The summed E-state index contributed by atoms with van der Waals surface area (Å²) < 4.78 is 64.7. The number of alkyl carbamates (subject to hydrolysis) is 1. The Labute approximate surface area is 99.5 Å². The third-order valence-electron chi connectivity index (χ3n) is 1.50. The molecule has 0 rings (SSSR count). The van der Waals surface area contributed by atoms with Gasteiger partial charge in [-0.25, -0.2) is 4.79 Å². The molecule has 9 heteroatoms. The van der Waals surface area contributed by atoms with Gasteiger partial charge in [0.1, 0.15) is 5.60 Å². The molecule has 0 bridgehead atoms. The second-order valence-corrected chi connectivity index (χ2v) is 4.35. The minimum atomic E-state index is -5.99. The molecule has 4 nitrogen and oxygen atoms in total. The molecule has 0 radical (unpaired) electrons. The Bertz CT molecular complexity index is 332. The zero-order valence-electron chi connectivity index (χ0n) is 9.82. The molecule has 0 fully saturated rings. The molecule has 0 spiro atoms. The van der Waals surface area contributed by atoms with Gasteiger partial charge in [0.05, 0.1) is 6.54 Å². The summed E-state index contributed by atoms with van der Waals surface area (Å²) >= 11 is 0. The number of hydrogen-bond acceptors (Lipinski definition) is 3. The molecular formula is C9H12F5NO3. The maximum absolute atomic E-state index is 12.4. The quantitative estimate of drug-likeness (QED) is 0.805. The van der Waals surface area contributed by atoms with Crippen LogP contribution in [0.3, 0.4) is 0 Å². The second kappa shape index (κ2) is 5.07. The predicted molar refractivity (Wildman–Crippen MR) is 50.2 cm³/mol. The average Bonchev–Trinajstić information content (AvgIpc) is 2.09. The maximum Gasteiger partial charge on any atom is 0.461 e. The van der Waals surface area contributed by atoms with Gasteiger partial charge >= 0.3 is 18.2 Å². The Morgan fingerprint density at radius 1 is 1.06 bits per heavy atom. The second-order valence-electron chi connectivity index (χ2n) is 4.35. The molecule has 0 saturated carbocycles. The Kier molecular flexibility index (Phi) is 4.67. The molecule has 0 aromatic rings. The van der Waals surface area contributed by atoms with Crippen molar-refractivity contribution in [3.63, 3.8) is 0 Å². The molecule has 0 aliphatic carbocycles. The number of Topliss-reactive ketones (excluding diaryl/α,β-unsaturated/α-hetero) is 1. The maximum atomic E-state index is 12.4. The monoisotopic (exact) mass is 277 g/mol. The highest BCUT2D eigenvalue weighted by Gasteiger charge is 2.62. The summed E-state index contributed by atoms with van der Waals surface area (Å²) in [7, 11) is 0. The zero-order valence-corrected chi connectivity index (χ0v) is 9.82. The van der Waals surface area contributed by atoms with Crippen molar-refractivity contribution < 1.29 is 36.3 Å². The molecule has 0 atom stereocenters. The van der Waals surface area contributed by atoms with E-state index >= 15 is 0 Å². The Hall–Kier alpha value is -1.41. The van der Waals surface area contributed by atoms with Crippen molar-refractivity contribution in [1.29, 1.82) is 0 Å². The van der Waals surface area contributed by atoms with Gasteiger partial charge in [-0.05, 0) is 20.8 Å². The fourth-order valence-corrected chi connectivity index (χ4v) is 0.736. The first-order valence-corrected chi connectivity index (χ1v) is 4.72. The number of ether oxygens (including phenoxy) is 1. The molecule has 0 heterocycles. The lowest BCUT2D eigenvalue weighted by Gasteiger charge is -2.21. The summed E-state index contributed by atoms with van der Waals surface area (Å²) in [6, 6.07) is 0. The smallest absolute Gasteiger partial charge is 0.444 e. The van der Waals surface area contributed by atoms with E-state index in [1.165, 1.54) is 26.1 Å². The van der Waals surface area contributed by atoms with Gasteiger partial charge in [0.25, 0.3) is 0 Å². The van der Waals surface area contributed by atoms with Gasteiger partial charge in [0.2, 0.25) is 5.78 Å². The SMILES string of the molecule is CC(C)(C)OC(=O)NCC(=O)C(F)(F)C(F)(F)F. The van der Waals surface area contributed by atoms with E-state index in [0.717, 1.165) is 0 Å². The van der Waals surface area contributed by atoms with E-state index in [0.29, 0.717) is 0 Å². The highest BCUT2D eigenvalue weighted by atomic mass is 19.4. The van der Waals surface area contributed by atoms with Gasteiger partial charge < -0.3 is 10.1 Å². The zero-order chi connectivity index (χ0) is 14.8. The summed E-state index contributed by atoms with van der Waals surface area (Å²) in [5.41, 5.74) is -0.959. The van der Waals surface area contributed by atoms with Crippen LogP contribution in [0.1, 0.15) is 20.8 Å². The van der Waals surface area contributed by atoms with Gasteiger partial charge in [-0.15, -0.1) is 0 Å². The highest BCUT2D eigenvalue weighted by Crippen LogP contribution is 2.35. The number of halogens is 5. The van der Waals surface area contributed by atoms with Crippen LogP contribution >= 0.6 is 0 Å². The molecule has 0 aromatic carbocycles. The first-order valence-electron chi connectivity index (χ1n) is 4.72. The highest BCUT2D eigenvalue weighted by molar-refractivity contribution is 5.90. The molecule has 18 heavy (non-hydrogen) atoms. The average molecular weight is 277 g/mol. The molecule has 106 valence electrons. The van der Waals surface area contributed by atoms with Gasteiger partial charge in [-0.2, -0.15) is 22.0 Å². The van der Waals surface area contributed by atoms with Crippen LogP contribution < -0.4 is 5.32 Å². The minimum Gasteiger partial charge on any atom is -0.444 e. The Morgan fingerprint density at radius 3 is 1.83 bits per heavy atom. The summed E-state index contributed by atoms with van der Waals surface area (Å²) in [6.45, 7) is 2.90. The summed E-state index contributed by atoms with van der Waals surface area (Å²) in [4.78, 5) is 21.6. The lowest BCUT2D eigenvalue weighted by Crippen LogP contribution is -2.49. The number of ketones is 1. The van der Waals surface area contributed by atoms with E-state index in [1.807, 2.05) is 0 Å². The number of alkyl halides is 5. The number of carbonyl (C=O) groups is 2. The molecule has 0 saturated heterocycles. The van der Waals surface area contributed by atoms with Gasteiger partial charge in [-0.3, -0.25) is 4.79 Å². The number of amides is 1. The lowest BCUT2D eigenvalue weighted by atomic mass is 10.2. The topological polar surface area (TPSA) is 55.4 Å². The van der Waals surface area contributed by atoms with Crippen LogP contribution in [-0.4, -0.2) is 36.1 Å². The number of carbonyl (C=O) groups excluding carboxylic acids is 2. The van der Waals surface area contributed by atoms with Crippen LogP contribution in [0.4, 0.5) is 26.7 Å². The molecule has 0 unspecified atom stereocenters. The van der Waals surface area contributed by atoms with Crippen molar-refractivity contribution in [1.82, 2.24) is 5.32 Å². The molecule has 1 amide bonds. The van der Waals surface area contributed by atoms with Crippen molar-refractivity contribution in [2.75, 3.05) is 6.54 Å². The fraction of sp³-hybridized carbons (Fsp3) is 0.778. The van der Waals surface area contributed by atoms with E-state index in [-0.39, 0.29) is 0 Å². The summed E-state index contributed by atoms with van der Waals surface area (Å²) in [5.74, 6) is -7.96. The summed E-state index contributed by atoms with van der Waals surface area (Å²) in [5, 5.41) is 1.53. The van der Waals surface area contributed by atoms with Gasteiger partial charge in [-0.1, -0.05) is 0 Å². The van der Waals surface area contributed by atoms with Crippen molar-refractivity contribution in [3.05, 3.63) is 0 Å². The molecule has 0 aromatic heterocycles. The number of hydrogen-bond donors (Lipinski definition) is 1. The standard InChI is InChI=1S/C9H12F5NO3/c1-7(2,3)18-6(17)15-4-5(16)8(10,11)9(12,13)14/h4H2,1-3H3,(H,15,17). The van der Waals surface area contributed by atoms with E-state index in [9.17, 15) is 31.5 Å². The predicted octanol–water partition coefficient (Wildman–Crippen LogP) is 2.28. The van der Waals surface area contributed by atoms with Crippen LogP contribution in [-0.2, 0) is 9.53 Å². The largest absolute Gasteiger partial charge is 0.461 e. The third kappa shape index (κ3) is 4.84. The van der Waals surface area contributed by atoms with Crippen molar-refractivity contribution in [2.45, 2.75) is 38.5 Å². The summed E-state index contributed by atoms with van der Waals surface area (Å²) in [6.07, 6.45) is -7.24. The van der Waals surface area contributed by atoms with E-state index in [2.05, 4.69) is 4.74 Å². The molecular weight excluding hydrogens is 265 g/mol. The van der Waals surface area contributed by atoms with Crippen LogP contribution in [0.5, 0.6) is 0 Å². The first-order chi connectivity index (χ1) is 7.77. The van der Waals surface area contributed by atoms with Crippen LogP contribution in [0.25, 0.3) is 0 Å². The Morgan fingerprint density at radius 2 is 1.50 bits per heavy atom. The van der Waals surface area contributed by atoms with Crippen LogP contribution in [0, 0.1) is 0 Å². The van der Waals surface area contributed by atoms with E-state index in [1.54, 1.807) is 0 Å². The van der Waals surface area contributed by atoms with Crippen molar-refractivity contribution in [3.8, 4) is 0 Å². The number of rotatable bonds is 3. The normalized spacial score (nSPS) is 13.1. The van der Waals surface area contributed by atoms with E-state index < -0.39 is 36.1 Å². The third-order valence-corrected chi connectivity index (χ3v) is 1.50. The minimum absolute atomic E-state index is 0.959. The van der Waals surface area contributed by atoms with Crippen LogP contribution in [0.2, 0.25) is 0 Å². The first kappa shape index (κ1) is 16.6. The molecule has 1 N–H and O–H groups in total.